The minimum atomic E-state index is -0.206. The van der Waals surface area contributed by atoms with Crippen molar-refractivity contribution in [1.82, 2.24) is 15.3 Å². The number of ether oxygens (including phenoxy) is 1. The molecule has 1 heterocycles. The van der Waals surface area contributed by atoms with Crippen molar-refractivity contribution < 1.29 is 9.53 Å². The summed E-state index contributed by atoms with van der Waals surface area (Å²) in [4.78, 5) is 21.3. The molecule has 3 aromatic rings. The zero-order valence-electron chi connectivity index (χ0n) is 17.0. The van der Waals surface area contributed by atoms with Gasteiger partial charge in [0.05, 0.1) is 12.8 Å². The molecule has 2 N–H and O–H groups in total. The molecule has 0 saturated carbocycles. The molecule has 150 valence electrons. The SMILES string of the molecule is COc1ccc(C)cc1Nc1nc(C)cc(C(=O)NCCCc2ccccc2)n1. The van der Waals surface area contributed by atoms with E-state index in [4.69, 9.17) is 4.74 Å². The molecule has 6 heteroatoms. The number of methoxy groups -OCH3 is 1. The van der Waals surface area contributed by atoms with Crippen molar-refractivity contribution in [2.24, 2.45) is 0 Å². The molecular weight excluding hydrogens is 364 g/mol. The van der Waals surface area contributed by atoms with E-state index in [0.29, 0.717) is 29.6 Å². The van der Waals surface area contributed by atoms with E-state index >= 15 is 0 Å². The number of rotatable bonds is 8. The van der Waals surface area contributed by atoms with Gasteiger partial charge in [0.15, 0.2) is 0 Å². The highest BCUT2D eigenvalue weighted by molar-refractivity contribution is 5.92. The van der Waals surface area contributed by atoms with Crippen LogP contribution in [-0.2, 0) is 6.42 Å². The van der Waals surface area contributed by atoms with Crippen molar-refractivity contribution in [2.75, 3.05) is 19.0 Å². The van der Waals surface area contributed by atoms with E-state index in [-0.39, 0.29) is 5.91 Å². The summed E-state index contributed by atoms with van der Waals surface area (Å²) >= 11 is 0. The van der Waals surface area contributed by atoms with Crippen LogP contribution in [0.25, 0.3) is 0 Å². The van der Waals surface area contributed by atoms with E-state index in [1.54, 1.807) is 13.2 Å². The molecule has 3 rings (SSSR count). The molecular formula is C23H26N4O2. The first-order chi connectivity index (χ1) is 14.0. The molecule has 0 aliphatic heterocycles. The molecule has 2 aromatic carbocycles. The molecule has 0 fully saturated rings. The zero-order valence-corrected chi connectivity index (χ0v) is 17.0. The van der Waals surface area contributed by atoms with Crippen LogP contribution in [0.1, 0.15) is 33.7 Å². The van der Waals surface area contributed by atoms with E-state index in [1.807, 2.05) is 50.2 Å². The maximum Gasteiger partial charge on any atom is 0.270 e. The van der Waals surface area contributed by atoms with Crippen LogP contribution >= 0.6 is 0 Å². The van der Waals surface area contributed by atoms with E-state index in [9.17, 15) is 4.79 Å². The van der Waals surface area contributed by atoms with Crippen molar-refractivity contribution in [1.29, 1.82) is 0 Å². The van der Waals surface area contributed by atoms with Gasteiger partial charge in [-0.25, -0.2) is 9.97 Å². The number of hydrogen-bond acceptors (Lipinski definition) is 5. The Balaban J connectivity index is 1.64. The number of amides is 1. The maximum atomic E-state index is 12.5. The minimum Gasteiger partial charge on any atom is -0.495 e. The quantitative estimate of drug-likeness (QED) is 0.564. The van der Waals surface area contributed by atoms with Crippen LogP contribution in [0.5, 0.6) is 5.75 Å². The molecule has 1 aromatic heterocycles. The average Bonchev–Trinajstić information content (AvgIpc) is 2.71. The summed E-state index contributed by atoms with van der Waals surface area (Å²) in [5.74, 6) is 0.846. The number of anilines is 2. The lowest BCUT2D eigenvalue weighted by Crippen LogP contribution is -2.26. The van der Waals surface area contributed by atoms with Crippen LogP contribution in [0, 0.1) is 13.8 Å². The first-order valence-electron chi connectivity index (χ1n) is 9.64. The normalized spacial score (nSPS) is 10.4. The standard InChI is InChI=1S/C23H26N4O2/c1-16-11-12-21(29-3)19(14-16)26-23-25-17(2)15-20(27-23)22(28)24-13-7-10-18-8-5-4-6-9-18/h4-6,8-9,11-12,14-15H,7,10,13H2,1-3H3,(H,24,28)(H,25,26,27). The molecule has 1 amide bonds. The predicted octanol–water partition coefficient (Wildman–Crippen LogP) is 4.21. The maximum absolute atomic E-state index is 12.5. The van der Waals surface area contributed by atoms with Crippen LogP contribution in [0.4, 0.5) is 11.6 Å². The van der Waals surface area contributed by atoms with Gasteiger partial charge in [0.1, 0.15) is 11.4 Å². The van der Waals surface area contributed by atoms with Gasteiger partial charge >= 0.3 is 0 Å². The Kier molecular flexibility index (Phi) is 6.79. The molecule has 0 aliphatic carbocycles. The minimum absolute atomic E-state index is 0.206. The fourth-order valence-corrected chi connectivity index (χ4v) is 3.01. The zero-order chi connectivity index (χ0) is 20.6. The van der Waals surface area contributed by atoms with Crippen LogP contribution in [0.15, 0.2) is 54.6 Å². The van der Waals surface area contributed by atoms with E-state index in [0.717, 1.165) is 24.1 Å². The second kappa shape index (κ2) is 9.68. The van der Waals surface area contributed by atoms with Gasteiger partial charge in [0, 0.05) is 12.2 Å². The Labute approximate surface area is 171 Å². The third-order valence-corrected chi connectivity index (χ3v) is 4.46. The Morgan fingerprint density at radius 1 is 1.03 bits per heavy atom. The number of carbonyl (C=O) groups is 1. The summed E-state index contributed by atoms with van der Waals surface area (Å²) < 4.78 is 5.39. The molecule has 6 nitrogen and oxygen atoms in total. The van der Waals surface area contributed by atoms with Crippen molar-refractivity contribution in [3.63, 3.8) is 0 Å². The molecule has 0 aliphatic rings. The van der Waals surface area contributed by atoms with Crippen molar-refractivity contribution >= 4 is 17.5 Å². The van der Waals surface area contributed by atoms with Gasteiger partial charge in [-0.05, 0) is 56.0 Å². The first-order valence-corrected chi connectivity index (χ1v) is 9.64. The summed E-state index contributed by atoms with van der Waals surface area (Å²) in [6, 6.07) is 17.7. The van der Waals surface area contributed by atoms with E-state index in [1.165, 1.54) is 5.56 Å². The van der Waals surface area contributed by atoms with Gasteiger partial charge < -0.3 is 15.4 Å². The highest BCUT2D eigenvalue weighted by atomic mass is 16.5. The third-order valence-electron chi connectivity index (χ3n) is 4.46. The van der Waals surface area contributed by atoms with Gasteiger partial charge in [-0.3, -0.25) is 4.79 Å². The van der Waals surface area contributed by atoms with Crippen molar-refractivity contribution in [2.45, 2.75) is 26.7 Å². The van der Waals surface area contributed by atoms with Gasteiger partial charge in [-0.15, -0.1) is 0 Å². The highest BCUT2D eigenvalue weighted by Gasteiger charge is 2.12. The van der Waals surface area contributed by atoms with Gasteiger partial charge in [0.2, 0.25) is 5.95 Å². The number of hydrogen-bond donors (Lipinski definition) is 2. The molecule has 0 bridgehead atoms. The van der Waals surface area contributed by atoms with Crippen molar-refractivity contribution in [3.05, 3.63) is 77.1 Å². The fourth-order valence-electron chi connectivity index (χ4n) is 3.01. The van der Waals surface area contributed by atoms with Gasteiger partial charge in [-0.1, -0.05) is 36.4 Å². The summed E-state index contributed by atoms with van der Waals surface area (Å²) in [7, 11) is 1.61. The van der Waals surface area contributed by atoms with Crippen LogP contribution in [-0.4, -0.2) is 29.5 Å². The molecule has 0 radical (unpaired) electrons. The second-order valence-corrected chi connectivity index (χ2v) is 6.89. The molecule has 0 unspecified atom stereocenters. The molecule has 29 heavy (non-hydrogen) atoms. The van der Waals surface area contributed by atoms with Gasteiger partial charge in [0.25, 0.3) is 5.91 Å². The highest BCUT2D eigenvalue weighted by Crippen LogP contribution is 2.27. The largest absolute Gasteiger partial charge is 0.495 e. The number of nitrogens with zero attached hydrogens (tertiary/aromatic N) is 2. The van der Waals surface area contributed by atoms with Crippen LogP contribution in [0.3, 0.4) is 0 Å². The summed E-state index contributed by atoms with van der Waals surface area (Å²) in [6.07, 6.45) is 1.79. The second-order valence-electron chi connectivity index (χ2n) is 6.89. The monoisotopic (exact) mass is 390 g/mol. The number of nitrogens with one attached hydrogen (secondary N) is 2. The van der Waals surface area contributed by atoms with Crippen molar-refractivity contribution in [3.8, 4) is 5.75 Å². The summed E-state index contributed by atoms with van der Waals surface area (Å²) in [5.41, 5.74) is 4.15. The lowest BCUT2D eigenvalue weighted by molar-refractivity contribution is 0.0948. The Morgan fingerprint density at radius 2 is 1.83 bits per heavy atom. The number of carbonyl (C=O) groups excluding carboxylic acids is 1. The van der Waals surface area contributed by atoms with Crippen LogP contribution in [0.2, 0.25) is 0 Å². The predicted molar refractivity (Wildman–Crippen MR) is 115 cm³/mol. The fraction of sp³-hybridized carbons (Fsp3) is 0.261. The molecule has 0 atom stereocenters. The molecule has 0 spiro atoms. The smallest absolute Gasteiger partial charge is 0.270 e. The Hall–Kier alpha value is -3.41. The summed E-state index contributed by atoms with van der Waals surface area (Å²) in [5, 5.41) is 6.10. The first kappa shape index (κ1) is 20.3. The molecule has 0 saturated heterocycles. The Bertz CT molecular complexity index is 974. The third kappa shape index (κ3) is 5.78. The van der Waals surface area contributed by atoms with E-state index < -0.39 is 0 Å². The number of aryl methyl sites for hydroxylation is 3. The topological polar surface area (TPSA) is 76.1 Å². The Morgan fingerprint density at radius 3 is 2.59 bits per heavy atom. The van der Waals surface area contributed by atoms with Gasteiger partial charge in [-0.2, -0.15) is 0 Å². The average molecular weight is 390 g/mol. The number of aromatic nitrogens is 2. The lowest BCUT2D eigenvalue weighted by atomic mass is 10.1. The number of benzene rings is 2. The van der Waals surface area contributed by atoms with E-state index in [2.05, 4.69) is 32.7 Å². The summed E-state index contributed by atoms with van der Waals surface area (Å²) in [6.45, 7) is 4.42. The van der Waals surface area contributed by atoms with Crippen LogP contribution < -0.4 is 15.4 Å². The lowest BCUT2D eigenvalue weighted by Gasteiger charge is -2.12.